The number of aromatic nitrogens is 2. The maximum Gasteiger partial charge on any atom is 0.419 e. The molecule has 0 unspecified atom stereocenters. The largest absolute Gasteiger partial charge is 0.419 e. The molecule has 0 atom stereocenters. The fourth-order valence-electron chi connectivity index (χ4n) is 2.94. The third-order valence-electron chi connectivity index (χ3n) is 4.26. The Morgan fingerprint density at radius 3 is 2.88 bits per heavy atom. The van der Waals surface area contributed by atoms with Gasteiger partial charge >= 0.3 is 5.76 Å². The van der Waals surface area contributed by atoms with Crippen LogP contribution in [0.3, 0.4) is 0 Å². The highest BCUT2D eigenvalue weighted by Gasteiger charge is 2.15. The van der Waals surface area contributed by atoms with Crippen LogP contribution in [-0.2, 0) is 7.05 Å². The third-order valence-corrected chi connectivity index (χ3v) is 4.26. The zero-order valence-electron chi connectivity index (χ0n) is 13.7. The molecule has 6 nitrogen and oxygen atoms in total. The van der Waals surface area contributed by atoms with Crippen molar-refractivity contribution in [1.82, 2.24) is 9.55 Å². The van der Waals surface area contributed by atoms with Crippen molar-refractivity contribution in [3.8, 4) is 0 Å². The Balaban J connectivity index is 1.75. The summed E-state index contributed by atoms with van der Waals surface area (Å²) < 4.78 is 6.58. The summed E-state index contributed by atoms with van der Waals surface area (Å²) in [6.07, 6.45) is 1.67. The second kappa shape index (κ2) is 5.59. The molecule has 6 heteroatoms. The molecule has 0 radical (unpaired) electrons. The van der Waals surface area contributed by atoms with E-state index in [4.69, 9.17) is 4.42 Å². The molecule has 0 aliphatic rings. The van der Waals surface area contributed by atoms with Gasteiger partial charge in [-0.3, -0.25) is 14.3 Å². The van der Waals surface area contributed by atoms with Crippen LogP contribution in [0.25, 0.3) is 22.0 Å². The van der Waals surface area contributed by atoms with E-state index in [9.17, 15) is 9.59 Å². The number of hydrogen-bond acceptors (Lipinski definition) is 4. The van der Waals surface area contributed by atoms with Gasteiger partial charge in [-0.2, -0.15) is 0 Å². The van der Waals surface area contributed by atoms with Gasteiger partial charge in [0.15, 0.2) is 5.58 Å². The maximum absolute atomic E-state index is 12.8. The molecule has 0 saturated carbocycles. The number of hydrogen-bond donors (Lipinski definition) is 1. The van der Waals surface area contributed by atoms with Gasteiger partial charge in [-0.15, -0.1) is 0 Å². The topological polar surface area (TPSA) is 77.1 Å². The van der Waals surface area contributed by atoms with Gasteiger partial charge in [0, 0.05) is 30.4 Å². The average molecular weight is 333 g/mol. The lowest BCUT2D eigenvalue weighted by Gasteiger charge is -2.10. The van der Waals surface area contributed by atoms with E-state index in [0.717, 1.165) is 10.9 Å². The summed E-state index contributed by atoms with van der Waals surface area (Å²) in [6, 6.07) is 12.7. The molecule has 2 heterocycles. The normalized spacial score (nSPS) is 11.1. The third kappa shape index (κ3) is 2.48. The van der Waals surface area contributed by atoms with Crippen LogP contribution < -0.4 is 11.1 Å². The molecule has 4 rings (SSSR count). The Labute approximate surface area is 142 Å². The predicted molar refractivity (Wildman–Crippen MR) is 95.9 cm³/mol. The molecular weight excluding hydrogens is 318 g/mol. The SMILES string of the molecule is Cc1ccc2cccnc2c1C(=O)Nc1ccc2c(c1)oc(=O)n2C. The number of aryl methyl sites for hydroxylation is 2. The minimum absolute atomic E-state index is 0.251. The van der Waals surface area contributed by atoms with Crippen molar-refractivity contribution in [3.05, 3.63) is 70.3 Å². The van der Waals surface area contributed by atoms with E-state index in [1.807, 2.05) is 31.2 Å². The summed E-state index contributed by atoms with van der Waals surface area (Å²) in [6.45, 7) is 1.88. The molecule has 0 spiro atoms. The first-order chi connectivity index (χ1) is 12.0. The Morgan fingerprint density at radius 2 is 2.04 bits per heavy atom. The van der Waals surface area contributed by atoms with Crippen LogP contribution in [-0.4, -0.2) is 15.5 Å². The van der Waals surface area contributed by atoms with E-state index in [0.29, 0.717) is 27.9 Å². The molecular formula is C19H15N3O3. The zero-order chi connectivity index (χ0) is 17.6. The molecule has 0 saturated heterocycles. The van der Waals surface area contributed by atoms with Crippen LogP contribution in [0, 0.1) is 6.92 Å². The van der Waals surface area contributed by atoms with Gasteiger partial charge in [-0.25, -0.2) is 4.79 Å². The Hall–Kier alpha value is -3.41. The van der Waals surface area contributed by atoms with Crippen LogP contribution in [0.2, 0.25) is 0 Å². The Morgan fingerprint density at radius 1 is 1.20 bits per heavy atom. The van der Waals surface area contributed by atoms with Crippen LogP contribution in [0.5, 0.6) is 0 Å². The van der Waals surface area contributed by atoms with Crippen molar-refractivity contribution in [2.75, 3.05) is 5.32 Å². The molecule has 25 heavy (non-hydrogen) atoms. The molecule has 1 N–H and O–H groups in total. The molecule has 124 valence electrons. The Kier molecular flexibility index (Phi) is 3.39. The molecule has 2 aromatic carbocycles. The minimum atomic E-state index is -0.437. The molecule has 0 bridgehead atoms. The number of fused-ring (bicyclic) bond motifs is 2. The van der Waals surface area contributed by atoms with Crippen molar-refractivity contribution >= 4 is 33.6 Å². The van der Waals surface area contributed by atoms with Gasteiger partial charge in [0.25, 0.3) is 5.91 Å². The van der Waals surface area contributed by atoms with E-state index < -0.39 is 5.76 Å². The number of amides is 1. The maximum atomic E-state index is 12.8. The van der Waals surface area contributed by atoms with Gasteiger partial charge in [-0.1, -0.05) is 18.2 Å². The van der Waals surface area contributed by atoms with Crippen molar-refractivity contribution in [2.24, 2.45) is 7.05 Å². The quantitative estimate of drug-likeness (QED) is 0.611. The van der Waals surface area contributed by atoms with Gasteiger partial charge in [-0.05, 0) is 30.7 Å². The minimum Gasteiger partial charge on any atom is -0.408 e. The second-order valence-electron chi connectivity index (χ2n) is 5.90. The summed E-state index contributed by atoms with van der Waals surface area (Å²) in [5.74, 6) is -0.688. The molecule has 1 amide bonds. The number of pyridine rings is 1. The fourth-order valence-corrected chi connectivity index (χ4v) is 2.94. The first-order valence-corrected chi connectivity index (χ1v) is 7.80. The standard InChI is InChI=1S/C19H15N3O3/c1-11-5-6-12-4-3-9-20-17(12)16(11)18(23)21-13-7-8-14-15(10-13)25-19(24)22(14)2/h3-10H,1-2H3,(H,21,23). The first kappa shape index (κ1) is 15.1. The summed E-state index contributed by atoms with van der Waals surface area (Å²) in [5.41, 5.74) is 3.69. The van der Waals surface area contributed by atoms with Crippen LogP contribution in [0.4, 0.5) is 5.69 Å². The number of benzene rings is 2. The van der Waals surface area contributed by atoms with Crippen molar-refractivity contribution < 1.29 is 9.21 Å². The molecule has 0 aliphatic carbocycles. The smallest absolute Gasteiger partial charge is 0.408 e. The number of carbonyl (C=O) groups excluding carboxylic acids is 1. The lowest BCUT2D eigenvalue weighted by molar-refractivity contribution is 0.102. The first-order valence-electron chi connectivity index (χ1n) is 7.80. The van der Waals surface area contributed by atoms with Crippen LogP contribution in [0.15, 0.2) is 57.9 Å². The molecule has 4 aromatic rings. The van der Waals surface area contributed by atoms with Gasteiger partial charge < -0.3 is 9.73 Å². The molecule has 0 aliphatic heterocycles. The van der Waals surface area contributed by atoms with Crippen molar-refractivity contribution in [3.63, 3.8) is 0 Å². The summed E-state index contributed by atoms with van der Waals surface area (Å²) in [4.78, 5) is 28.7. The van der Waals surface area contributed by atoms with E-state index >= 15 is 0 Å². The number of nitrogens with one attached hydrogen (secondary N) is 1. The van der Waals surface area contributed by atoms with Gasteiger partial charge in [0.05, 0.1) is 16.6 Å². The van der Waals surface area contributed by atoms with Gasteiger partial charge in [0.1, 0.15) is 0 Å². The predicted octanol–water partition coefficient (Wildman–Crippen LogP) is 3.24. The highest BCUT2D eigenvalue weighted by molar-refractivity contribution is 6.13. The van der Waals surface area contributed by atoms with Crippen molar-refractivity contribution in [1.29, 1.82) is 0 Å². The van der Waals surface area contributed by atoms with E-state index in [2.05, 4.69) is 10.3 Å². The van der Waals surface area contributed by atoms with Crippen molar-refractivity contribution in [2.45, 2.75) is 6.92 Å². The second-order valence-corrected chi connectivity index (χ2v) is 5.90. The summed E-state index contributed by atoms with van der Waals surface area (Å²) in [5, 5.41) is 3.77. The Bertz CT molecular complexity index is 1190. The fraction of sp³-hybridized carbons (Fsp3) is 0.105. The summed E-state index contributed by atoms with van der Waals surface area (Å²) >= 11 is 0. The van der Waals surface area contributed by atoms with E-state index in [1.54, 1.807) is 31.4 Å². The molecule has 0 fully saturated rings. The number of nitrogens with zero attached hydrogens (tertiary/aromatic N) is 2. The lowest BCUT2D eigenvalue weighted by atomic mass is 10.0. The lowest BCUT2D eigenvalue weighted by Crippen LogP contribution is -2.14. The van der Waals surface area contributed by atoms with Crippen LogP contribution >= 0.6 is 0 Å². The number of anilines is 1. The number of rotatable bonds is 2. The molecule has 2 aromatic heterocycles. The average Bonchev–Trinajstić information content (AvgIpc) is 2.88. The highest BCUT2D eigenvalue weighted by atomic mass is 16.4. The monoisotopic (exact) mass is 333 g/mol. The highest BCUT2D eigenvalue weighted by Crippen LogP contribution is 2.23. The number of oxazole rings is 1. The zero-order valence-corrected chi connectivity index (χ0v) is 13.7. The summed E-state index contributed by atoms with van der Waals surface area (Å²) in [7, 11) is 1.64. The van der Waals surface area contributed by atoms with E-state index in [1.165, 1.54) is 4.57 Å². The number of carbonyl (C=O) groups is 1. The van der Waals surface area contributed by atoms with E-state index in [-0.39, 0.29) is 5.91 Å². The van der Waals surface area contributed by atoms with Gasteiger partial charge in [0.2, 0.25) is 0 Å². The van der Waals surface area contributed by atoms with Crippen LogP contribution in [0.1, 0.15) is 15.9 Å².